The van der Waals surface area contributed by atoms with Crippen molar-refractivity contribution in [3.8, 4) is 5.75 Å². The summed E-state index contributed by atoms with van der Waals surface area (Å²) in [5, 5.41) is 8.69. The van der Waals surface area contributed by atoms with Crippen LogP contribution in [-0.4, -0.2) is 30.3 Å². The number of benzene rings is 1. The minimum Gasteiger partial charge on any atom is -0.490 e. The second-order valence-electron chi connectivity index (χ2n) is 4.20. The van der Waals surface area contributed by atoms with Gasteiger partial charge in [0.1, 0.15) is 11.9 Å². The van der Waals surface area contributed by atoms with Gasteiger partial charge in [-0.2, -0.15) is 0 Å². The molecule has 0 spiro atoms. The van der Waals surface area contributed by atoms with Gasteiger partial charge in [-0.1, -0.05) is 6.07 Å². The SMILES string of the molecule is CCN(CC)c1cccc(O[C@@H](C)CC(=O)O)c1. The van der Waals surface area contributed by atoms with Gasteiger partial charge in [0.15, 0.2) is 0 Å². The highest BCUT2D eigenvalue weighted by atomic mass is 16.5. The summed E-state index contributed by atoms with van der Waals surface area (Å²) >= 11 is 0. The lowest BCUT2D eigenvalue weighted by molar-refractivity contribution is -0.138. The first kappa shape index (κ1) is 14.4. The monoisotopic (exact) mass is 251 g/mol. The van der Waals surface area contributed by atoms with Gasteiger partial charge in [-0.05, 0) is 32.9 Å². The largest absolute Gasteiger partial charge is 0.490 e. The van der Waals surface area contributed by atoms with Crippen molar-refractivity contribution in [2.75, 3.05) is 18.0 Å². The molecule has 0 aliphatic carbocycles. The lowest BCUT2D eigenvalue weighted by Gasteiger charge is -2.22. The van der Waals surface area contributed by atoms with E-state index >= 15 is 0 Å². The molecule has 0 fully saturated rings. The molecular formula is C14H21NO3. The van der Waals surface area contributed by atoms with Crippen molar-refractivity contribution in [1.29, 1.82) is 0 Å². The van der Waals surface area contributed by atoms with E-state index in [1.54, 1.807) is 6.92 Å². The van der Waals surface area contributed by atoms with Gasteiger partial charge in [0.25, 0.3) is 0 Å². The van der Waals surface area contributed by atoms with Gasteiger partial charge >= 0.3 is 5.97 Å². The molecule has 0 unspecified atom stereocenters. The van der Waals surface area contributed by atoms with Crippen molar-refractivity contribution < 1.29 is 14.6 Å². The molecule has 1 N–H and O–H groups in total. The Morgan fingerprint density at radius 2 is 2.06 bits per heavy atom. The topological polar surface area (TPSA) is 49.8 Å². The van der Waals surface area contributed by atoms with Crippen molar-refractivity contribution >= 4 is 11.7 Å². The Kier molecular flexibility index (Phi) is 5.49. The maximum Gasteiger partial charge on any atom is 0.307 e. The van der Waals surface area contributed by atoms with Gasteiger partial charge in [0, 0.05) is 24.8 Å². The third kappa shape index (κ3) is 4.28. The van der Waals surface area contributed by atoms with Crippen LogP contribution in [0.3, 0.4) is 0 Å². The summed E-state index contributed by atoms with van der Waals surface area (Å²) in [6.07, 6.45) is -0.315. The van der Waals surface area contributed by atoms with Crippen LogP contribution in [0.15, 0.2) is 24.3 Å². The number of anilines is 1. The number of hydrogen-bond donors (Lipinski definition) is 1. The number of carbonyl (C=O) groups is 1. The molecule has 0 heterocycles. The maximum absolute atomic E-state index is 10.6. The number of hydrogen-bond acceptors (Lipinski definition) is 3. The summed E-state index contributed by atoms with van der Waals surface area (Å²) in [5.74, 6) is -0.129. The third-order valence-electron chi connectivity index (χ3n) is 2.75. The number of nitrogens with zero attached hydrogens (tertiary/aromatic N) is 1. The first-order valence-corrected chi connectivity index (χ1v) is 6.30. The second-order valence-corrected chi connectivity index (χ2v) is 4.20. The zero-order chi connectivity index (χ0) is 13.5. The van der Waals surface area contributed by atoms with Gasteiger partial charge in [-0.3, -0.25) is 4.79 Å². The fourth-order valence-electron chi connectivity index (χ4n) is 1.86. The summed E-state index contributed by atoms with van der Waals surface area (Å²) in [5.41, 5.74) is 1.10. The van der Waals surface area contributed by atoms with Crippen LogP contribution in [0, 0.1) is 0 Å². The first-order valence-electron chi connectivity index (χ1n) is 6.30. The van der Waals surface area contributed by atoms with Crippen molar-refractivity contribution in [3.63, 3.8) is 0 Å². The van der Waals surface area contributed by atoms with Crippen molar-refractivity contribution in [1.82, 2.24) is 0 Å². The predicted molar refractivity (Wildman–Crippen MR) is 72.3 cm³/mol. The Bertz CT molecular complexity index is 388. The fraction of sp³-hybridized carbons (Fsp3) is 0.500. The molecule has 0 bridgehead atoms. The Balaban J connectivity index is 2.72. The number of carboxylic acids is 1. The summed E-state index contributed by atoms with van der Waals surface area (Å²) in [7, 11) is 0. The van der Waals surface area contributed by atoms with Gasteiger partial charge in [0.2, 0.25) is 0 Å². The highest BCUT2D eigenvalue weighted by Crippen LogP contribution is 2.22. The average Bonchev–Trinajstić information content (AvgIpc) is 2.29. The summed E-state index contributed by atoms with van der Waals surface area (Å²) in [6.45, 7) is 7.83. The zero-order valence-corrected chi connectivity index (χ0v) is 11.2. The van der Waals surface area contributed by atoms with Crippen LogP contribution in [0.1, 0.15) is 27.2 Å². The normalized spacial score (nSPS) is 11.9. The maximum atomic E-state index is 10.6. The number of aliphatic carboxylic acids is 1. The number of ether oxygens (including phenoxy) is 1. The van der Waals surface area contributed by atoms with E-state index in [0.717, 1.165) is 18.8 Å². The van der Waals surface area contributed by atoms with E-state index in [0.29, 0.717) is 5.75 Å². The molecule has 4 heteroatoms. The van der Waals surface area contributed by atoms with Crippen LogP contribution in [0.4, 0.5) is 5.69 Å². The third-order valence-corrected chi connectivity index (χ3v) is 2.75. The van der Waals surface area contributed by atoms with E-state index in [1.807, 2.05) is 24.3 Å². The van der Waals surface area contributed by atoms with Gasteiger partial charge < -0.3 is 14.7 Å². The molecule has 0 aliphatic heterocycles. The van der Waals surface area contributed by atoms with Gasteiger partial charge in [-0.25, -0.2) is 0 Å². The smallest absolute Gasteiger partial charge is 0.307 e. The highest BCUT2D eigenvalue weighted by Gasteiger charge is 2.10. The molecule has 4 nitrogen and oxygen atoms in total. The molecule has 1 atom stereocenters. The minimum atomic E-state index is -0.845. The quantitative estimate of drug-likeness (QED) is 0.809. The van der Waals surface area contributed by atoms with E-state index in [1.165, 1.54) is 0 Å². The molecule has 0 saturated heterocycles. The lowest BCUT2D eigenvalue weighted by Crippen LogP contribution is -2.22. The van der Waals surface area contributed by atoms with Crippen LogP contribution in [0.25, 0.3) is 0 Å². The molecule has 0 aromatic heterocycles. The standard InChI is InChI=1S/C14H21NO3/c1-4-15(5-2)12-7-6-8-13(10-12)18-11(3)9-14(16)17/h6-8,10-11H,4-5,9H2,1-3H3,(H,16,17)/t11-/m0/s1. The molecule has 0 radical (unpaired) electrons. The average molecular weight is 251 g/mol. The lowest BCUT2D eigenvalue weighted by atomic mass is 10.2. The Labute approximate surface area is 108 Å². The Morgan fingerprint density at radius 3 is 2.61 bits per heavy atom. The molecule has 1 aromatic rings. The van der Waals surface area contributed by atoms with E-state index in [-0.39, 0.29) is 12.5 Å². The Morgan fingerprint density at radius 1 is 1.39 bits per heavy atom. The van der Waals surface area contributed by atoms with E-state index in [9.17, 15) is 4.79 Å². The van der Waals surface area contributed by atoms with Gasteiger partial charge in [0.05, 0.1) is 6.42 Å². The summed E-state index contributed by atoms with van der Waals surface area (Å²) in [6, 6.07) is 7.76. The summed E-state index contributed by atoms with van der Waals surface area (Å²) < 4.78 is 5.60. The fourth-order valence-corrected chi connectivity index (χ4v) is 1.86. The molecule has 0 amide bonds. The van der Waals surface area contributed by atoms with Crippen molar-refractivity contribution in [2.45, 2.75) is 33.3 Å². The van der Waals surface area contributed by atoms with Crippen LogP contribution in [0.5, 0.6) is 5.75 Å². The van der Waals surface area contributed by atoms with E-state index in [2.05, 4.69) is 18.7 Å². The molecule has 100 valence electrons. The van der Waals surface area contributed by atoms with Gasteiger partial charge in [-0.15, -0.1) is 0 Å². The number of rotatable bonds is 7. The van der Waals surface area contributed by atoms with Crippen molar-refractivity contribution in [3.05, 3.63) is 24.3 Å². The Hall–Kier alpha value is -1.71. The second kappa shape index (κ2) is 6.89. The molecule has 0 saturated carbocycles. The van der Waals surface area contributed by atoms with Crippen LogP contribution >= 0.6 is 0 Å². The molecule has 1 aromatic carbocycles. The summed E-state index contributed by atoms with van der Waals surface area (Å²) in [4.78, 5) is 12.8. The first-order chi connectivity index (χ1) is 8.56. The predicted octanol–water partition coefficient (Wildman–Crippen LogP) is 2.77. The molecule has 18 heavy (non-hydrogen) atoms. The van der Waals surface area contributed by atoms with Crippen LogP contribution in [-0.2, 0) is 4.79 Å². The number of carboxylic acid groups (broad SMARTS) is 1. The van der Waals surface area contributed by atoms with Crippen LogP contribution in [0.2, 0.25) is 0 Å². The van der Waals surface area contributed by atoms with E-state index in [4.69, 9.17) is 9.84 Å². The molecular weight excluding hydrogens is 230 g/mol. The molecule has 0 aliphatic rings. The van der Waals surface area contributed by atoms with E-state index < -0.39 is 5.97 Å². The molecule has 1 rings (SSSR count). The zero-order valence-electron chi connectivity index (χ0n) is 11.2. The highest BCUT2D eigenvalue weighted by molar-refractivity contribution is 5.67. The van der Waals surface area contributed by atoms with Crippen LogP contribution < -0.4 is 9.64 Å². The minimum absolute atomic E-state index is 0.00942. The van der Waals surface area contributed by atoms with Crippen molar-refractivity contribution in [2.24, 2.45) is 0 Å².